The average molecular weight is 259 g/mol. The fourth-order valence-corrected chi connectivity index (χ4v) is 1.78. The molecular weight excluding hydrogens is 246 g/mol. The SMILES string of the molecule is Nc1ccn([C@@H]2O[C@H](CO)C(O)C2(O)O)c(=O)n1. The predicted molar refractivity (Wildman–Crippen MR) is 57.1 cm³/mol. The number of anilines is 1. The molecule has 1 aliphatic heterocycles. The van der Waals surface area contributed by atoms with Crippen LogP contribution in [0.5, 0.6) is 0 Å². The number of aliphatic hydroxyl groups is 4. The van der Waals surface area contributed by atoms with Crippen LogP contribution < -0.4 is 11.4 Å². The first kappa shape index (κ1) is 12.9. The molecule has 1 aromatic rings. The number of ether oxygens (including phenoxy) is 1. The minimum absolute atomic E-state index is 0.0324. The second-order valence-electron chi connectivity index (χ2n) is 3.98. The van der Waals surface area contributed by atoms with E-state index in [0.717, 1.165) is 10.8 Å². The van der Waals surface area contributed by atoms with E-state index < -0.39 is 36.5 Å². The predicted octanol–water partition coefficient (Wildman–Crippen LogP) is -3.24. The van der Waals surface area contributed by atoms with Gasteiger partial charge in [0.05, 0.1) is 6.61 Å². The Labute approximate surface area is 101 Å². The van der Waals surface area contributed by atoms with Gasteiger partial charge in [0.2, 0.25) is 5.79 Å². The monoisotopic (exact) mass is 259 g/mol. The summed E-state index contributed by atoms with van der Waals surface area (Å²) in [5.74, 6) is -2.75. The van der Waals surface area contributed by atoms with Gasteiger partial charge in [-0.25, -0.2) is 4.79 Å². The number of rotatable bonds is 2. The third-order valence-corrected chi connectivity index (χ3v) is 2.74. The van der Waals surface area contributed by atoms with Gasteiger partial charge in [-0.3, -0.25) is 4.57 Å². The normalized spacial score (nSPS) is 30.6. The fourth-order valence-electron chi connectivity index (χ4n) is 1.78. The van der Waals surface area contributed by atoms with E-state index in [1.165, 1.54) is 6.07 Å². The molecule has 1 unspecified atom stereocenters. The summed E-state index contributed by atoms with van der Waals surface area (Å²) in [7, 11) is 0. The van der Waals surface area contributed by atoms with Gasteiger partial charge in [0, 0.05) is 6.20 Å². The number of nitrogen functional groups attached to an aromatic ring is 1. The largest absolute Gasteiger partial charge is 0.394 e. The summed E-state index contributed by atoms with van der Waals surface area (Å²) >= 11 is 0. The Morgan fingerprint density at radius 3 is 2.72 bits per heavy atom. The second kappa shape index (κ2) is 4.30. The third kappa shape index (κ3) is 1.87. The minimum Gasteiger partial charge on any atom is -0.394 e. The van der Waals surface area contributed by atoms with E-state index in [1.54, 1.807) is 0 Å². The second-order valence-corrected chi connectivity index (χ2v) is 3.98. The van der Waals surface area contributed by atoms with Crippen molar-refractivity contribution in [3.05, 3.63) is 22.7 Å². The molecule has 0 aliphatic carbocycles. The van der Waals surface area contributed by atoms with Gasteiger partial charge in [0.15, 0.2) is 6.23 Å². The smallest absolute Gasteiger partial charge is 0.351 e. The molecule has 2 rings (SSSR count). The van der Waals surface area contributed by atoms with Gasteiger partial charge in [-0.2, -0.15) is 4.98 Å². The summed E-state index contributed by atoms with van der Waals surface area (Å²) in [6.07, 6.45) is -3.39. The molecule has 9 heteroatoms. The van der Waals surface area contributed by atoms with Crippen LogP contribution in [0, 0.1) is 0 Å². The highest BCUT2D eigenvalue weighted by Crippen LogP contribution is 2.35. The van der Waals surface area contributed by atoms with Crippen molar-refractivity contribution in [1.82, 2.24) is 9.55 Å². The lowest BCUT2D eigenvalue weighted by molar-refractivity contribution is -0.249. The summed E-state index contributed by atoms with van der Waals surface area (Å²) in [5, 5.41) is 37.9. The van der Waals surface area contributed by atoms with Crippen molar-refractivity contribution in [2.24, 2.45) is 0 Å². The highest BCUT2D eigenvalue weighted by Gasteiger charge is 2.55. The summed E-state index contributed by atoms with van der Waals surface area (Å²) in [5.41, 5.74) is 4.43. The first-order chi connectivity index (χ1) is 8.37. The van der Waals surface area contributed by atoms with Crippen molar-refractivity contribution in [1.29, 1.82) is 0 Å². The van der Waals surface area contributed by atoms with Crippen LogP contribution in [-0.2, 0) is 4.74 Å². The molecule has 6 N–H and O–H groups in total. The van der Waals surface area contributed by atoms with Crippen LogP contribution in [0.25, 0.3) is 0 Å². The highest BCUT2D eigenvalue weighted by molar-refractivity contribution is 5.23. The molecule has 0 radical (unpaired) electrons. The van der Waals surface area contributed by atoms with Crippen LogP contribution in [0.1, 0.15) is 6.23 Å². The van der Waals surface area contributed by atoms with E-state index in [-0.39, 0.29) is 5.82 Å². The van der Waals surface area contributed by atoms with Crippen molar-refractivity contribution >= 4 is 5.82 Å². The molecule has 0 bridgehead atoms. The Hall–Kier alpha value is -1.52. The van der Waals surface area contributed by atoms with Crippen LogP contribution in [-0.4, -0.2) is 54.6 Å². The van der Waals surface area contributed by atoms with Gasteiger partial charge in [0.25, 0.3) is 0 Å². The maximum atomic E-state index is 11.5. The van der Waals surface area contributed by atoms with Crippen molar-refractivity contribution in [3.63, 3.8) is 0 Å². The number of hydrogen-bond donors (Lipinski definition) is 5. The first-order valence-electron chi connectivity index (χ1n) is 5.11. The van der Waals surface area contributed by atoms with Gasteiger partial charge in [-0.05, 0) is 6.07 Å². The molecule has 1 aromatic heterocycles. The Morgan fingerprint density at radius 1 is 1.56 bits per heavy atom. The number of nitrogens with zero attached hydrogens (tertiary/aromatic N) is 2. The van der Waals surface area contributed by atoms with Gasteiger partial charge in [-0.1, -0.05) is 0 Å². The van der Waals surface area contributed by atoms with Gasteiger partial charge < -0.3 is 30.9 Å². The molecule has 0 amide bonds. The van der Waals surface area contributed by atoms with Crippen LogP contribution in [0.15, 0.2) is 17.1 Å². The van der Waals surface area contributed by atoms with E-state index in [4.69, 9.17) is 15.6 Å². The molecule has 1 aliphatic rings. The van der Waals surface area contributed by atoms with Gasteiger partial charge >= 0.3 is 5.69 Å². The minimum atomic E-state index is -2.71. The quantitative estimate of drug-likeness (QED) is 0.347. The molecule has 2 heterocycles. The molecule has 100 valence electrons. The van der Waals surface area contributed by atoms with E-state index in [2.05, 4.69) is 4.98 Å². The maximum absolute atomic E-state index is 11.5. The fraction of sp³-hybridized carbons (Fsp3) is 0.556. The average Bonchev–Trinajstić information content (AvgIpc) is 2.52. The number of aromatic nitrogens is 2. The first-order valence-corrected chi connectivity index (χ1v) is 5.11. The van der Waals surface area contributed by atoms with Gasteiger partial charge in [-0.15, -0.1) is 0 Å². The lowest BCUT2D eigenvalue weighted by atomic mass is 10.1. The van der Waals surface area contributed by atoms with Crippen LogP contribution in [0.2, 0.25) is 0 Å². The number of hydrogen-bond acceptors (Lipinski definition) is 8. The molecular formula is C9H13N3O6. The van der Waals surface area contributed by atoms with E-state index in [0.29, 0.717) is 0 Å². The Kier molecular flexibility index (Phi) is 3.09. The van der Waals surface area contributed by atoms with Gasteiger partial charge in [0.1, 0.15) is 18.0 Å². The zero-order chi connectivity index (χ0) is 13.5. The van der Waals surface area contributed by atoms with E-state index in [9.17, 15) is 20.1 Å². The lowest BCUT2D eigenvalue weighted by Crippen LogP contribution is -2.48. The molecule has 1 fully saturated rings. The summed E-state index contributed by atoms with van der Waals surface area (Å²) in [4.78, 5) is 14.9. The molecule has 9 nitrogen and oxygen atoms in total. The highest BCUT2D eigenvalue weighted by atomic mass is 16.6. The van der Waals surface area contributed by atoms with Crippen molar-refractivity contribution in [2.45, 2.75) is 24.2 Å². The molecule has 0 saturated carbocycles. The standard InChI is InChI=1S/C9H13N3O6/c10-5-1-2-12(8(15)11-5)7-9(16,17)6(14)4(3-13)18-7/h1-2,4,6-7,13-14,16-17H,3H2,(H2,10,11,15)/t4-,6?,7-/m1/s1. The Bertz CT molecular complexity index is 501. The molecule has 3 atom stereocenters. The Morgan fingerprint density at radius 2 is 2.22 bits per heavy atom. The lowest BCUT2D eigenvalue weighted by Gasteiger charge is -2.25. The Balaban J connectivity index is 2.42. The molecule has 1 saturated heterocycles. The molecule has 0 spiro atoms. The molecule has 18 heavy (non-hydrogen) atoms. The summed E-state index contributed by atoms with van der Waals surface area (Å²) in [6.45, 7) is -0.627. The van der Waals surface area contributed by atoms with Crippen molar-refractivity contribution in [3.8, 4) is 0 Å². The summed E-state index contributed by atoms with van der Waals surface area (Å²) in [6, 6.07) is 1.26. The van der Waals surface area contributed by atoms with E-state index in [1.807, 2.05) is 0 Å². The van der Waals surface area contributed by atoms with Crippen molar-refractivity contribution < 1.29 is 25.2 Å². The van der Waals surface area contributed by atoms with Crippen LogP contribution in [0.3, 0.4) is 0 Å². The zero-order valence-electron chi connectivity index (χ0n) is 9.17. The van der Waals surface area contributed by atoms with Crippen molar-refractivity contribution in [2.75, 3.05) is 12.3 Å². The van der Waals surface area contributed by atoms with Crippen LogP contribution in [0.4, 0.5) is 5.82 Å². The third-order valence-electron chi connectivity index (χ3n) is 2.74. The molecule has 0 aromatic carbocycles. The van der Waals surface area contributed by atoms with Crippen LogP contribution >= 0.6 is 0 Å². The maximum Gasteiger partial charge on any atom is 0.351 e. The van der Waals surface area contributed by atoms with E-state index >= 15 is 0 Å². The zero-order valence-corrected chi connectivity index (χ0v) is 9.17. The topological polar surface area (TPSA) is 151 Å². The summed E-state index contributed by atoms with van der Waals surface area (Å²) < 4.78 is 5.80. The number of aliphatic hydroxyl groups excluding tert-OH is 2. The number of nitrogens with two attached hydrogens (primary N) is 1.